The number of amides is 1. The van der Waals surface area contributed by atoms with Crippen LogP contribution in [0.15, 0.2) is 22.5 Å². The molecule has 1 amide bonds. The molecule has 0 aliphatic heterocycles. The van der Waals surface area contributed by atoms with Crippen LogP contribution in [0.1, 0.15) is 10.7 Å². The van der Waals surface area contributed by atoms with Crippen LogP contribution >= 0.6 is 22.7 Å². The van der Waals surface area contributed by atoms with Gasteiger partial charge in [-0.1, -0.05) is 0 Å². The average molecular weight is 253 g/mol. The van der Waals surface area contributed by atoms with Crippen molar-refractivity contribution >= 4 is 28.6 Å². The summed E-state index contributed by atoms with van der Waals surface area (Å²) in [5.41, 5.74) is 2.56. The first-order chi connectivity index (χ1) is 7.84. The van der Waals surface area contributed by atoms with Gasteiger partial charge in [-0.3, -0.25) is 4.79 Å². The maximum atomic E-state index is 11.5. The molecule has 0 fully saturated rings. The summed E-state index contributed by atoms with van der Waals surface area (Å²) >= 11 is 3.11. The van der Waals surface area contributed by atoms with Crippen molar-refractivity contribution in [3.05, 3.63) is 33.2 Å². The Morgan fingerprint density at radius 2 is 2.38 bits per heavy atom. The SMILES string of the molecule is O=C(Cc1cscn1)NCCc1nccs1. The van der Waals surface area contributed by atoms with Crippen LogP contribution < -0.4 is 5.32 Å². The summed E-state index contributed by atoms with van der Waals surface area (Å²) in [7, 11) is 0. The van der Waals surface area contributed by atoms with Crippen LogP contribution in [0.3, 0.4) is 0 Å². The number of hydrogen-bond donors (Lipinski definition) is 1. The largest absolute Gasteiger partial charge is 0.355 e. The molecule has 0 aliphatic carbocycles. The molecule has 0 saturated carbocycles. The van der Waals surface area contributed by atoms with Crippen molar-refractivity contribution < 1.29 is 4.79 Å². The van der Waals surface area contributed by atoms with Crippen molar-refractivity contribution in [1.82, 2.24) is 15.3 Å². The number of aromatic nitrogens is 2. The van der Waals surface area contributed by atoms with Crippen LogP contribution in [0.5, 0.6) is 0 Å². The number of nitrogens with zero attached hydrogens (tertiary/aromatic N) is 2. The number of hydrogen-bond acceptors (Lipinski definition) is 5. The molecule has 84 valence electrons. The van der Waals surface area contributed by atoms with E-state index in [2.05, 4.69) is 15.3 Å². The van der Waals surface area contributed by atoms with Gasteiger partial charge >= 0.3 is 0 Å². The molecule has 0 aliphatic rings. The normalized spacial score (nSPS) is 10.2. The van der Waals surface area contributed by atoms with Crippen LogP contribution in [0, 0.1) is 0 Å². The van der Waals surface area contributed by atoms with E-state index < -0.39 is 0 Å². The highest BCUT2D eigenvalue weighted by Crippen LogP contribution is 2.04. The maximum absolute atomic E-state index is 11.5. The Morgan fingerprint density at radius 3 is 3.06 bits per heavy atom. The van der Waals surface area contributed by atoms with Gasteiger partial charge in [0.2, 0.25) is 5.91 Å². The molecule has 2 heterocycles. The first kappa shape index (κ1) is 11.2. The number of nitrogens with one attached hydrogen (secondary N) is 1. The molecule has 2 aromatic heterocycles. The van der Waals surface area contributed by atoms with E-state index in [0.29, 0.717) is 13.0 Å². The second kappa shape index (κ2) is 5.72. The van der Waals surface area contributed by atoms with Gasteiger partial charge in [-0.25, -0.2) is 9.97 Å². The predicted molar refractivity (Wildman–Crippen MR) is 64.6 cm³/mol. The number of carbonyl (C=O) groups is 1. The highest BCUT2D eigenvalue weighted by Gasteiger charge is 2.04. The van der Waals surface area contributed by atoms with Gasteiger partial charge in [-0.15, -0.1) is 22.7 Å². The van der Waals surface area contributed by atoms with Crippen molar-refractivity contribution in [3.8, 4) is 0 Å². The monoisotopic (exact) mass is 253 g/mol. The molecule has 0 radical (unpaired) electrons. The van der Waals surface area contributed by atoms with Crippen LogP contribution in [0.2, 0.25) is 0 Å². The Labute approximate surface area is 101 Å². The number of carbonyl (C=O) groups excluding carboxylic acids is 1. The van der Waals surface area contributed by atoms with E-state index in [1.54, 1.807) is 23.0 Å². The Balaban J connectivity index is 1.68. The molecule has 0 aromatic carbocycles. The zero-order chi connectivity index (χ0) is 11.2. The highest BCUT2D eigenvalue weighted by molar-refractivity contribution is 7.09. The van der Waals surface area contributed by atoms with Crippen LogP contribution in [-0.2, 0) is 17.6 Å². The van der Waals surface area contributed by atoms with Crippen molar-refractivity contribution in [1.29, 1.82) is 0 Å². The molecule has 6 heteroatoms. The summed E-state index contributed by atoms with van der Waals surface area (Å²) in [5.74, 6) is 0.0162. The molecule has 0 saturated heterocycles. The fourth-order valence-corrected chi connectivity index (χ4v) is 2.42. The lowest BCUT2D eigenvalue weighted by atomic mass is 10.3. The lowest BCUT2D eigenvalue weighted by Gasteiger charge is -2.01. The summed E-state index contributed by atoms with van der Waals surface area (Å²) in [6, 6.07) is 0. The predicted octanol–water partition coefficient (Wildman–Crippen LogP) is 1.50. The molecular formula is C10H11N3OS2. The van der Waals surface area contributed by atoms with Crippen LogP contribution in [0.25, 0.3) is 0 Å². The Bertz CT molecular complexity index is 425. The van der Waals surface area contributed by atoms with Crippen molar-refractivity contribution in [2.75, 3.05) is 6.54 Å². The molecule has 0 spiro atoms. The first-order valence-electron chi connectivity index (χ1n) is 4.87. The van der Waals surface area contributed by atoms with Gasteiger partial charge in [-0.05, 0) is 0 Å². The lowest BCUT2D eigenvalue weighted by molar-refractivity contribution is -0.120. The number of thiazole rings is 2. The first-order valence-corrected chi connectivity index (χ1v) is 6.69. The zero-order valence-electron chi connectivity index (χ0n) is 8.55. The van der Waals surface area contributed by atoms with Gasteiger partial charge in [0, 0.05) is 29.9 Å². The maximum Gasteiger partial charge on any atom is 0.226 e. The molecule has 2 aromatic rings. The van der Waals surface area contributed by atoms with Gasteiger partial charge < -0.3 is 5.32 Å². The second-order valence-electron chi connectivity index (χ2n) is 3.18. The van der Waals surface area contributed by atoms with E-state index in [9.17, 15) is 4.79 Å². The summed E-state index contributed by atoms with van der Waals surface area (Å²) < 4.78 is 0. The third-order valence-electron chi connectivity index (χ3n) is 1.97. The fraction of sp³-hybridized carbons (Fsp3) is 0.300. The Morgan fingerprint density at radius 1 is 1.44 bits per heavy atom. The molecule has 0 unspecified atom stereocenters. The third-order valence-corrected chi connectivity index (χ3v) is 3.44. The van der Waals surface area contributed by atoms with E-state index in [4.69, 9.17) is 0 Å². The minimum Gasteiger partial charge on any atom is -0.355 e. The molecule has 2 rings (SSSR count). The Kier molecular flexibility index (Phi) is 4.01. The minimum absolute atomic E-state index is 0.0162. The van der Waals surface area contributed by atoms with Gasteiger partial charge in [-0.2, -0.15) is 0 Å². The molecule has 4 nitrogen and oxygen atoms in total. The van der Waals surface area contributed by atoms with Gasteiger partial charge in [0.25, 0.3) is 0 Å². The Hall–Kier alpha value is -1.27. The molecule has 1 N–H and O–H groups in total. The number of rotatable bonds is 5. The molecule has 0 atom stereocenters. The average Bonchev–Trinajstić information content (AvgIpc) is 2.90. The van der Waals surface area contributed by atoms with E-state index in [0.717, 1.165) is 17.1 Å². The van der Waals surface area contributed by atoms with Crippen LogP contribution in [-0.4, -0.2) is 22.4 Å². The lowest BCUT2D eigenvalue weighted by Crippen LogP contribution is -2.27. The quantitative estimate of drug-likeness (QED) is 0.878. The van der Waals surface area contributed by atoms with Crippen molar-refractivity contribution in [2.45, 2.75) is 12.8 Å². The zero-order valence-corrected chi connectivity index (χ0v) is 10.2. The third kappa shape index (κ3) is 3.39. The summed E-state index contributed by atoms with van der Waals surface area (Å²) in [6.07, 6.45) is 2.93. The molecular weight excluding hydrogens is 242 g/mol. The van der Waals surface area contributed by atoms with Crippen molar-refractivity contribution in [3.63, 3.8) is 0 Å². The molecule has 16 heavy (non-hydrogen) atoms. The van der Waals surface area contributed by atoms with Gasteiger partial charge in [0.1, 0.15) is 0 Å². The van der Waals surface area contributed by atoms with E-state index in [-0.39, 0.29) is 5.91 Å². The smallest absolute Gasteiger partial charge is 0.226 e. The van der Waals surface area contributed by atoms with E-state index >= 15 is 0 Å². The minimum atomic E-state index is 0.0162. The van der Waals surface area contributed by atoms with E-state index in [1.165, 1.54) is 11.3 Å². The van der Waals surface area contributed by atoms with Crippen molar-refractivity contribution in [2.24, 2.45) is 0 Å². The standard InChI is InChI=1S/C10H11N3OS2/c14-9(5-8-6-15-7-13-8)11-2-1-10-12-3-4-16-10/h3-4,6-7H,1-2,5H2,(H,11,14). The molecule has 0 bridgehead atoms. The summed E-state index contributed by atoms with van der Waals surface area (Å²) in [4.78, 5) is 19.7. The van der Waals surface area contributed by atoms with Gasteiger partial charge in [0.05, 0.1) is 22.6 Å². The fourth-order valence-electron chi connectivity index (χ4n) is 1.24. The van der Waals surface area contributed by atoms with E-state index in [1.807, 2.05) is 10.8 Å². The summed E-state index contributed by atoms with van der Waals surface area (Å²) in [5, 5.41) is 7.73. The highest BCUT2D eigenvalue weighted by atomic mass is 32.1. The van der Waals surface area contributed by atoms with Gasteiger partial charge in [0.15, 0.2) is 0 Å². The second-order valence-corrected chi connectivity index (χ2v) is 4.88. The van der Waals surface area contributed by atoms with Crippen LogP contribution in [0.4, 0.5) is 0 Å². The topological polar surface area (TPSA) is 54.9 Å². The summed E-state index contributed by atoms with van der Waals surface area (Å²) in [6.45, 7) is 0.635.